The Balaban J connectivity index is 1.82. The molecule has 0 radical (unpaired) electrons. The number of carbonyl (C=O) groups excluding carboxylic acids is 1. The molecule has 1 aliphatic rings. The van der Waals surface area contributed by atoms with E-state index in [0.29, 0.717) is 5.92 Å². The molecule has 0 aromatic heterocycles. The molecule has 0 aliphatic carbocycles. The molecule has 2 rings (SSSR count). The van der Waals surface area contributed by atoms with Gasteiger partial charge in [0.25, 0.3) is 5.91 Å². The third-order valence-corrected chi connectivity index (χ3v) is 4.73. The highest BCUT2D eigenvalue weighted by atomic mass is 79.9. The number of nitrogens with one attached hydrogen (secondary N) is 2. The van der Waals surface area contributed by atoms with Gasteiger partial charge in [-0.3, -0.25) is 4.79 Å². The molecular formula is C15H21BrN2O. The van der Waals surface area contributed by atoms with Gasteiger partial charge in [0.2, 0.25) is 0 Å². The van der Waals surface area contributed by atoms with Crippen molar-refractivity contribution in [1.29, 1.82) is 0 Å². The summed E-state index contributed by atoms with van der Waals surface area (Å²) in [6.45, 7) is 4.98. The van der Waals surface area contributed by atoms with Crippen molar-refractivity contribution in [2.45, 2.75) is 26.2 Å². The van der Waals surface area contributed by atoms with Crippen LogP contribution in [0.15, 0.2) is 22.7 Å². The molecule has 1 aromatic carbocycles. The zero-order valence-corrected chi connectivity index (χ0v) is 12.9. The second-order valence-corrected chi connectivity index (χ2v) is 5.99. The Morgan fingerprint density at radius 3 is 3.11 bits per heavy atom. The van der Waals surface area contributed by atoms with Gasteiger partial charge in [0.05, 0.1) is 5.56 Å². The normalized spacial score (nSPS) is 19.2. The van der Waals surface area contributed by atoms with Crippen LogP contribution in [-0.2, 0) is 0 Å². The number of hydrogen-bond acceptors (Lipinski definition) is 2. The monoisotopic (exact) mass is 324 g/mol. The molecule has 1 aliphatic heterocycles. The van der Waals surface area contributed by atoms with Gasteiger partial charge in [-0.1, -0.05) is 12.1 Å². The van der Waals surface area contributed by atoms with E-state index in [1.807, 2.05) is 25.1 Å². The van der Waals surface area contributed by atoms with E-state index in [-0.39, 0.29) is 5.91 Å². The molecule has 1 atom stereocenters. The number of carbonyl (C=O) groups is 1. The van der Waals surface area contributed by atoms with Crippen molar-refractivity contribution in [3.05, 3.63) is 33.8 Å². The van der Waals surface area contributed by atoms with E-state index in [0.717, 1.165) is 41.7 Å². The number of rotatable bonds is 4. The summed E-state index contributed by atoms with van der Waals surface area (Å²) >= 11 is 3.48. The quantitative estimate of drug-likeness (QED) is 0.894. The molecule has 1 unspecified atom stereocenters. The van der Waals surface area contributed by atoms with Gasteiger partial charge in [-0.2, -0.15) is 0 Å². The largest absolute Gasteiger partial charge is 0.352 e. The lowest BCUT2D eigenvalue weighted by Gasteiger charge is -2.22. The Morgan fingerprint density at radius 1 is 1.53 bits per heavy atom. The average molecular weight is 325 g/mol. The summed E-state index contributed by atoms with van der Waals surface area (Å²) in [7, 11) is 0. The molecule has 104 valence electrons. The molecule has 0 spiro atoms. The Hall–Kier alpha value is -0.870. The fourth-order valence-electron chi connectivity index (χ4n) is 2.48. The minimum absolute atomic E-state index is 0.0133. The maximum Gasteiger partial charge on any atom is 0.252 e. The number of amides is 1. The summed E-state index contributed by atoms with van der Waals surface area (Å²) in [6.07, 6.45) is 3.58. The Kier molecular flexibility index (Phi) is 5.40. The van der Waals surface area contributed by atoms with Crippen molar-refractivity contribution in [3.63, 3.8) is 0 Å². The van der Waals surface area contributed by atoms with Crippen molar-refractivity contribution in [3.8, 4) is 0 Å². The number of piperidine rings is 1. The average Bonchev–Trinajstić information content (AvgIpc) is 2.43. The predicted molar refractivity (Wildman–Crippen MR) is 81.4 cm³/mol. The summed E-state index contributed by atoms with van der Waals surface area (Å²) in [5.74, 6) is 0.717. The van der Waals surface area contributed by atoms with E-state index in [9.17, 15) is 4.79 Å². The predicted octanol–water partition coefficient (Wildman–Crippen LogP) is 2.88. The van der Waals surface area contributed by atoms with E-state index in [1.165, 1.54) is 12.8 Å². The Morgan fingerprint density at radius 2 is 2.37 bits per heavy atom. The van der Waals surface area contributed by atoms with Gasteiger partial charge in [0, 0.05) is 11.0 Å². The number of aryl methyl sites for hydroxylation is 1. The molecule has 1 aromatic rings. The van der Waals surface area contributed by atoms with E-state index in [2.05, 4.69) is 26.6 Å². The highest BCUT2D eigenvalue weighted by Gasteiger charge is 2.14. The maximum atomic E-state index is 12.1. The van der Waals surface area contributed by atoms with Crippen molar-refractivity contribution < 1.29 is 4.79 Å². The minimum atomic E-state index is 0.0133. The Labute approximate surface area is 123 Å². The lowest BCUT2D eigenvalue weighted by molar-refractivity contribution is 0.0950. The number of benzene rings is 1. The smallest absolute Gasteiger partial charge is 0.252 e. The van der Waals surface area contributed by atoms with Crippen LogP contribution < -0.4 is 10.6 Å². The summed E-state index contributed by atoms with van der Waals surface area (Å²) in [4.78, 5) is 12.1. The number of halogens is 1. The lowest BCUT2D eigenvalue weighted by atomic mass is 9.96. The first-order chi connectivity index (χ1) is 9.18. The van der Waals surface area contributed by atoms with Gasteiger partial charge >= 0.3 is 0 Å². The summed E-state index contributed by atoms with van der Waals surface area (Å²) < 4.78 is 0.895. The van der Waals surface area contributed by atoms with Crippen LogP contribution in [0.1, 0.15) is 35.2 Å². The molecule has 1 fully saturated rings. The van der Waals surface area contributed by atoms with Crippen LogP contribution in [0.4, 0.5) is 0 Å². The first-order valence-corrected chi connectivity index (χ1v) is 7.72. The zero-order chi connectivity index (χ0) is 13.7. The maximum absolute atomic E-state index is 12.1. The lowest BCUT2D eigenvalue weighted by Crippen LogP contribution is -2.33. The van der Waals surface area contributed by atoms with Crippen LogP contribution in [-0.4, -0.2) is 25.5 Å². The molecule has 1 amide bonds. The molecule has 1 heterocycles. The molecule has 0 bridgehead atoms. The van der Waals surface area contributed by atoms with Crippen LogP contribution in [0.25, 0.3) is 0 Å². The summed E-state index contributed by atoms with van der Waals surface area (Å²) in [6, 6.07) is 5.77. The Bertz CT molecular complexity index is 442. The standard InChI is InChI=1S/C15H21BrN2O/c1-11-4-2-6-13(14(11)16)15(19)18-9-7-12-5-3-8-17-10-12/h2,4,6,12,17H,3,5,7-10H2,1H3,(H,18,19). The zero-order valence-electron chi connectivity index (χ0n) is 11.3. The third-order valence-electron chi connectivity index (χ3n) is 3.67. The van der Waals surface area contributed by atoms with Crippen molar-refractivity contribution in [2.24, 2.45) is 5.92 Å². The third kappa shape index (κ3) is 4.05. The topological polar surface area (TPSA) is 41.1 Å². The molecule has 0 saturated carbocycles. The molecule has 2 N–H and O–H groups in total. The van der Waals surface area contributed by atoms with Gasteiger partial charge in [0.15, 0.2) is 0 Å². The highest BCUT2D eigenvalue weighted by molar-refractivity contribution is 9.10. The van der Waals surface area contributed by atoms with E-state index in [1.54, 1.807) is 0 Å². The van der Waals surface area contributed by atoms with Crippen LogP contribution >= 0.6 is 15.9 Å². The minimum Gasteiger partial charge on any atom is -0.352 e. The van der Waals surface area contributed by atoms with Gasteiger partial charge in [-0.15, -0.1) is 0 Å². The van der Waals surface area contributed by atoms with Gasteiger partial charge < -0.3 is 10.6 Å². The van der Waals surface area contributed by atoms with Crippen LogP contribution in [0.5, 0.6) is 0 Å². The van der Waals surface area contributed by atoms with Crippen molar-refractivity contribution >= 4 is 21.8 Å². The van der Waals surface area contributed by atoms with Crippen LogP contribution in [0.3, 0.4) is 0 Å². The number of hydrogen-bond donors (Lipinski definition) is 2. The fraction of sp³-hybridized carbons (Fsp3) is 0.533. The highest BCUT2D eigenvalue weighted by Crippen LogP contribution is 2.21. The van der Waals surface area contributed by atoms with Crippen LogP contribution in [0.2, 0.25) is 0 Å². The molecule has 1 saturated heterocycles. The van der Waals surface area contributed by atoms with E-state index >= 15 is 0 Å². The molecule has 4 heteroatoms. The second-order valence-electron chi connectivity index (χ2n) is 5.19. The fourth-order valence-corrected chi connectivity index (χ4v) is 2.92. The summed E-state index contributed by atoms with van der Waals surface area (Å²) in [5.41, 5.74) is 1.81. The van der Waals surface area contributed by atoms with Gasteiger partial charge in [-0.25, -0.2) is 0 Å². The van der Waals surface area contributed by atoms with Gasteiger partial charge in [-0.05, 0) is 72.8 Å². The van der Waals surface area contributed by atoms with Crippen LogP contribution in [0, 0.1) is 12.8 Å². The molecule has 3 nitrogen and oxygen atoms in total. The first kappa shape index (κ1) is 14.5. The van der Waals surface area contributed by atoms with Crippen molar-refractivity contribution in [1.82, 2.24) is 10.6 Å². The summed E-state index contributed by atoms with van der Waals surface area (Å²) in [5, 5.41) is 6.42. The second kappa shape index (κ2) is 7.06. The molecular weight excluding hydrogens is 304 g/mol. The first-order valence-electron chi connectivity index (χ1n) is 6.92. The molecule has 19 heavy (non-hydrogen) atoms. The van der Waals surface area contributed by atoms with Crippen molar-refractivity contribution in [2.75, 3.05) is 19.6 Å². The van der Waals surface area contributed by atoms with Gasteiger partial charge in [0.1, 0.15) is 0 Å². The van der Waals surface area contributed by atoms with E-state index < -0.39 is 0 Å². The SMILES string of the molecule is Cc1cccc(C(=O)NCCC2CCCNC2)c1Br. The van der Waals surface area contributed by atoms with E-state index in [4.69, 9.17) is 0 Å².